The molecule has 0 aliphatic rings. The zero-order valence-electron chi connectivity index (χ0n) is 15.7. The first-order valence-corrected chi connectivity index (χ1v) is 10.0. The van der Waals surface area contributed by atoms with Crippen LogP contribution in [0.2, 0.25) is 0 Å². The number of nitrogens with zero attached hydrogens (tertiary/aromatic N) is 1. The summed E-state index contributed by atoms with van der Waals surface area (Å²) in [6.07, 6.45) is 1.79. The van der Waals surface area contributed by atoms with Crippen molar-refractivity contribution in [3.05, 3.63) is 84.1 Å². The zero-order chi connectivity index (χ0) is 19.6. The molecule has 0 aliphatic heterocycles. The van der Waals surface area contributed by atoms with Gasteiger partial charge in [0.25, 0.3) is 0 Å². The number of amides is 2. The molecule has 5 nitrogen and oxygen atoms in total. The summed E-state index contributed by atoms with van der Waals surface area (Å²) in [5.74, 6) is 1.60. The van der Waals surface area contributed by atoms with Gasteiger partial charge in [-0.3, -0.25) is 0 Å². The summed E-state index contributed by atoms with van der Waals surface area (Å²) < 4.78 is 5.63. The monoisotopic (exact) mass is 393 g/mol. The van der Waals surface area contributed by atoms with Crippen molar-refractivity contribution in [3.8, 4) is 5.75 Å². The van der Waals surface area contributed by atoms with Gasteiger partial charge >= 0.3 is 6.03 Å². The summed E-state index contributed by atoms with van der Waals surface area (Å²) in [5, 5.41) is 6.64. The summed E-state index contributed by atoms with van der Waals surface area (Å²) in [6, 6.07) is 21.3. The minimum Gasteiger partial charge on any atom is -0.492 e. The number of hydrogen-bond acceptors (Lipinski definition) is 4. The van der Waals surface area contributed by atoms with Crippen LogP contribution in [0.25, 0.3) is 0 Å². The van der Waals surface area contributed by atoms with Crippen LogP contribution in [0.4, 0.5) is 10.5 Å². The fourth-order valence-corrected chi connectivity index (χ4v) is 3.35. The third kappa shape index (κ3) is 6.63. The Morgan fingerprint density at radius 3 is 2.79 bits per heavy atom. The largest absolute Gasteiger partial charge is 0.492 e. The highest BCUT2D eigenvalue weighted by atomic mass is 32.2. The van der Waals surface area contributed by atoms with E-state index in [-0.39, 0.29) is 6.03 Å². The molecule has 2 aromatic carbocycles. The number of benzene rings is 2. The third-order valence-corrected chi connectivity index (χ3v) is 4.87. The Morgan fingerprint density at radius 1 is 1.07 bits per heavy atom. The molecular formula is C22H23N3O2S. The maximum Gasteiger partial charge on any atom is 0.319 e. The number of urea groups is 1. The standard InChI is InChI=1S/C22H23N3O2S/c1-17-6-4-9-20(14-17)27-13-12-24-22(26)25-19-8-5-7-18(15-19)16-28-21-10-2-3-11-23-21/h2-11,14-15H,12-13,16H2,1H3,(H2,24,25,26). The van der Waals surface area contributed by atoms with Crippen LogP contribution in [0, 0.1) is 6.92 Å². The average molecular weight is 394 g/mol. The minimum atomic E-state index is -0.248. The number of pyridine rings is 1. The molecule has 1 aromatic heterocycles. The molecule has 1 heterocycles. The van der Waals surface area contributed by atoms with Gasteiger partial charge in [0.15, 0.2) is 0 Å². The molecule has 2 amide bonds. The quantitative estimate of drug-likeness (QED) is 0.423. The molecule has 2 N–H and O–H groups in total. The van der Waals surface area contributed by atoms with E-state index < -0.39 is 0 Å². The van der Waals surface area contributed by atoms with Gasteiger partial charge in [-0.15, -0.1) is 11.8 Å². The molecule has 0 spiro atoms. The van der Waals surface area contributed by atoms with Crippen LogP contribution < -0.4 is 15.4 Å². The average Bonchev–Trinajstić information content (AvgIpc) is 2.71. The lowest BCUT2D eigenvalue weighted by Gasteiger charge is -2.10. The number of aryl methyl sites for hydroxylation is 1. The maximum atomic E-state index is 12.1. The molecular weight excluding hydrogens is 370 g/mol. The number of aromatic nitrogens is 1. The Balaban J connectivity index is 1.41. The van der Waals surface area contributed by atoms with Crippen LogP contribution in [-0.2, 0) is 5.75 Å². The molecule has 0 bridgehead atoms. The van der Waals surface area contributed by atoms with E-state index in [9.17, 15) is 4.79 Å². The van der Waals surface area contributed by atoms with Crippen molar-refractivity contribution in [1.29, 1.82) is 0 Å². The number of hydrogen-bond donors (Lipinski definition) is 2. The van der Waals surface area contributed by atoms with Gasteiger partial charge in [-0.25, -0.2) is 9.78 Å². The molecule has 28 heavy (non-hydrogen) atoms. The van der Waals surface area contributed by atoms with Crippen LogP contribution in [0.15, 0.2) is 78.0 Å². The van der Waals surface area contributed by atoms with Gasteiger partial charge in [0.05, 0.1) is 11.6 Å². The molecule has 0 saturated heterocycles. The van der Waals surface area contributed by atoms with Gasteiger partial charge in [0, 0.05) is 17.6 Å². The minimum absolute atomic E-state index is 0.248. The van der Waals surface area contributed by atoms with Gasteiger partial charge in [-0.2, -0.15) is 0 Å². The molecule has 0 fully saturated rings. The van der Waals surface area contributed by atoms with Gasteiger partial charge < -0.3 is 15.4 Å². The van der Waals surface area contributed by atoms with Gasteiger partial charge in [-0.1, -0.05) is 30.3 Å². The van der Waals surface area contributed by atoms with Gasteiger partial charge in [-0.05, 0) is 54.4 Å². The lowest BCUT2D eigenvalue weighted by atomic mass is 10.2. The summed E-state index contributed by atoms with van der Waals surface area (Å²) in [5.41, 5.74) is 3.02. The van der Waals surface area contributed by atoms with Crippen LogP contribution in [-0.4, -0.2) is 24.2 Å². The van der Waals surface area contributed by atoms with Gasteiger partial charge in [0.1, 0.15) is 12.4 Å². The van der Waals surface area contributed by atoms with E-state index in [4.69, 9.17) is 4.74 Å². The lowest BCUT2D eigenvalue weighted by Crippen LogP contribution is -2.32. The highest BCUT2D eigenvalue weighted by molar-refractivity contribution is 7.98. The first kappa shape index (κ1) is 19.8. The van der Waals surface area contributed by atoms with E-state index in [2.05, 4.69) is 15.6 Å². The fourth-order valence-electron chi connectivity index (χ4n) is 2.54. The first-order valence-electron chi connectivity index (χ1n) is 9.06. The summed E-state index contributed by atoms with van der Waals surface area (Å²) in [4.78, 5) is 16.4. The second-order valence-electron chi connectivity index (χ2n) is 6.20. The third-order valence-electron chi connectivity index (χ3n) is 3.86. The summed E-state index contributed by atoms with van der Waals surface area (Å²) in [7, 11) is 0. The number of nitrogens with one attached hydrogen (secondary N) is 2. The summed E-state index contributed by atoms with van der Waals surface area (Å²) in [6.45, 7) is 2.86. The van der Waals surface area contributed by atoms with Crippen LogP contribution in [0.5, 0.6) is 5.75 Å². The van der Waals surface area contributed by atoms with Crippen molar-refractivity contribution in [1.82, 2.24) is 10.3 Å². The number of ether oxygens (including phenoxy) is 1. The van der Waals surface area contributed by atoms with Gasteiger partial charge in [0.2, 0.25) is 0 Å². The van der Waals surface area contributed by atoms with Crippen molar-refractivity contribution >= 4 is 23.5 Å². The molecule has 0 saturated carbocycles. The van der Waals surface area contributed by atoms with Crippen LogP contribution in [0.1, 0.15) is 11.1 Å². The van der Waals surface area contributed by atoms with E-state index >= 15 is 0 Å². The number of anilines is 1. The van der Waals surface area contributed by atoms with Crippen molar-refractivity contribution in [2.75, 3.05) is 18.5 Å². The molecule has 0 unspecified atom stereocenters. The highest BCUT2D eigenvalue weighted by Crippen LogP contribution is 2.22. The number of carbonyl (C=O) groups excluding carboxylic acids is 1. The van der Waals surface area contributed by atoms with E-state index in [1.165, 1.54) is 0 Å². The van der Waals surface area contributed by atoms with Crippen molar-refractivity contribution in [2.45, 2.75) is 17.7 Å². The molecule has 3 rings (SSSR count). The highest BCUT2D eigenvalue weighted by Gasteiger charge is 2.03. The first-order chi connectivity index (χ1) is 13.7. The molecule has 144 valence electrons. The normalized spacial score (nSPS) is 10.3. The van der Waals surface area contributed by atoms with Crippen LogP contribution in [0.3, 0.4) is 0 Å². The molecule has 3 aromatic rings. The van der Waals surface area contributed by atoms with E-state index in [0.29, 0.717) is 13.2 Å². The zero-order valence-corrected chi connectivity index (χ0v) is 16.5. The Bertz CT molecular complexity index is 903. The van der Waals surface area contributed by atoms with E-state index in [1.54, 1.807) is 18.0 Å². The SMILES string of the molecule is Cc1cccc(OCCNC(=O)Nc2cccc(CSc3ccccn3)c2)c1. The Morgan fingerprint density at radius 2 is 1.96 bits per heavy atom. The van der Waals surface area contributed by atoms with Crippen molar-refractivity contribution in [2.24, 2.45) is 0 Å². The van der Waals surface area contributed by atoms with E-state index in [1.807, 2.05) is 73.7 Å². The topological polar surface area (TPSA) is 63.2 Å². The van der Waals surface area contributed by atoms with Crippen molar-refractivity contribution in [3.63, 3.8) is 0 Å². The maximum absolute atomic E-state index is 12.1. The second kappa shape index (κ2) is 10.4. The Kier molecular flexibility index (Phi) is 7.32. The fraction of sp³-hybridized carbons (Fsp3) is 0.182. The number of thioether (sulfide) groups is 1. The number of carbonyl (C=O) groups is 1. The Labute approximate surface area is 169 Å². The molecule has 0 radical (unpaired) electrons. The molecule has 6 heteroatoms. The van der Waals surface area contributed by atoms with Crippen LogP contribution >= 0.6 is 11.8 Å². The Hall–Kier alpha value is -2.99. The lowest BCUT2D eigenvalue weighted by molar-refractivity contribution is 0.247. The molecule has 0 aliphatic carbocycles. The smallest absolute Gasteiger partial charge is 0.319 e. The second-order valence-corrected chi connectivity index (χ2v) is 7.20. The number of rotatable bonds is 8. The van der Waals surface area contributed by atoms with Crippen molar-refractivity contribution < 1.29 is 9.53 Å². The summed E-state index contributed by atoms with van der Waals surface area (Å²) >= 11 is 1.66. The predicted octanol–water partition coefficient (Wildman–Crippen LogP) is 4.88. The predicted molar refractivity (Wildman–Crippen MR) is 114 cm³/mol. The van der Waals surface area contributed by atoms with E-state index in [0.717, 1.165) is 33.3 Å². The molecule has 0 atom stereocenters.